The van der Waals surface area contributed by atoms with Crippen LogP contribution >= 0.6 is 15.9 Å². The van der Waals surface area contributed by atoms with Crippen molar-refractivity contribution in [3.05, 3.63) is 52.1 Å². The monoisotopic (exact) mass is 541 g/mol. The van der Waals surface area contributed by atoms with E-state index in [-0.39, 0.29) is 11.5 Å². The number of carbonyl (C=O) groups is 1. The Labute approximate surface area is 214 Å². The third-order valence-corrected chi connectivity index (χ3v) is 7.94. The first-order valence-electron chi connectivity index (χ1n) is 12.3. The van der Waals surface area contributed by atoms with Crippen LogP contribution in [0.1, 0.15) is 43.2 Å². The van der Waals surface area contributed by atoms with E-state index in [4.69, 9.17) is 15.3 Å². The second-order valence-corrected chi connectivity index (χ2v) is 10.7. The summed E-state index contributed by atoms with van der Waals surface area (Å²) in [6.07, 6.45) is 5.80. The van der Waals surface area contributed by atoms with E-state index in [0.29, 0.717) is 31.2 Å². The van der Waals surface area contributed by atoms with Crippen LogP contribution in [0, 0.1) is 5.92 Å². The third kappa shape index (κ3) is 5.30. The summed E-state index contributed by atoms with van der Waals surface area (Å²) in [5.74, 6) is 1.77. The fourth-order valence-electron chi connectivity index (χ4n) is 5.54. The van der Waals surface area contributed by atoms with E-state index in [2.05, 4.69) is 31.0 Å². The smallest absolute Gasteiger partial charge is 0.225 e. The number of carbonyl (C=O) groups excluding carboxylic acids is 1. The maximum Gasteiger partial charge on any atom is 0.225 e. The number of amides is 1. The summed E-state index contributed by atoms with van der Waals surface area (Å²) in [5.41, 5.74) is 8.50. The Bertz CT molecular complexity index is 1110. The number of hydrogen-bond acceptors (Lipinski definition) is 7. The molecule has 0 aliphatic carbocycles. The fraction of sp³-hybridized carbons (Fsp3) is 0.500. The minimum absolute atomic E-state index is 0.0961. The molecule has 1 amide bonds. The predicted octanol–water partition coefficient (Wildman–Crippen LogP) is 3.83. The number of likely N-dealkylation sites (tertiary alicyclic amines) is 2. The standard InChI is InChI=1S/C26H32BrN5O3/c1-34-30-22-16-26(35-23-3-2-20(27)15-21(22)23)7-12-32(13-8-26)25(33)19-5-10-31(11-6-19)17-18-4-9-29-24(28)14-18/h2-4,9,14-15,19H,5-8,10-13,16-17H2,1H3,(H2,28,29). The van der Waals surface area contributed by atoms with Gasteiger partial charge in [-0.05, 0) is 61.8 Å². The van der Waals surface area contributed by atoms with Crippen molar-refractivity contribution in [1.82, 2.24) is 14.8 Å². The number of hydrogen-bond donors (Lipinski definition) is 1. The van der Waals surface area contributed by atoms with E-state index in [0.717, 1.165) is 66.8 Å². The minimum atomic E-state index is -0.343. The Morgan fingerprint density at radius 2 is 2.00 bits per heavy atom. The normalized spacial score (nSPS) is 21.5. The van der Waals surface area contributed by atoms with Crippen molar-refractivity contribution in [2.24, 2.45) is 11.1 Å². The van der Waals surface area contributed by atoms with Crippen molar-refractivity contribution >= 4 is 33.4 Å². The SMILES string of the molecule is CON=C1CC2(CCN(C(=O)C3CCN(Cc4ccnc(N)c4)CC3)CC2)Oc2ccc(Br)cc21. The highest BCUT2D eigenvalue weighted by Gasteiger charge is 2.44. The van der Waals surface area contributed by atoms with Crippen LogP contribution in [0.3, 0.4) is 0 Å². The van der Waals surface area contributed by atoms with Crippen LogP contribution in [0.4, 0.5) is 5.82 Å². The summed E-state index contributed by atoms with van der Waals surface area (Å²) in [4.78, 5) is 27.0. The molecule has 1 aromatic carbocycles. The van der Waals surface area contributed by atoms with Crippen molar-refractivity contribution in [3.63, 3.8) is 0 Å². The number of oxime groups is 1. The highest BCUT2D eigenvalue weighted by atomic mass is 79.9. The average Bonchev–Trinajstić information content (AvgIpc) is 2.85. The predicted molar refractivity (Wildman–Crippen MR) is 138 cm³/mol. The maximum atomic E-state index is 13.3. The van der Waals surface area contributed by atoms with Crippen LogP contribution in [0.25, 0.3) is 0 Å². The van der Waals surface area contributed by atoms with Gasteiger partial charge in [0, 0.05) is 61.0 Å². The molecule has 1 spiro atoms. The van der Waals surface area contributed by atoms with Crippen molar-refractivity contribution in [3.8, 4) is 5.75 Å². The van der Waals surface area contributed by atoms with Crippen molar-refractivity contribution in [1.29, 1.82) is 0 Å². The van der Waals surface area contributed by atoms with Gasteiger partial charge in [-0.25, -0.2) is 4.98 Å². The summed E-state index contributed by atoms with van der Waals surface area (Å²) in [5, 5.41) is 4.31. The number of fused-ring (bicyclic) bond motifs is 1. The number of rotatable bonds is 4. The number of nitrogen functional groups attached to an aromatic ring is 1. The molecule has 186 valence electrons. The van der Waals surface area contributed by atoms with Gasteiger partial charge in [0.1, 0.15) is 24.3 Å². The number of nitrogens with zero attached hydrogens (tertiary/aromatic N) is 4. The summed E-state index contributed by atoms with van der Waals surface area (Å²) in [6, 6.07) is 9.92. The number of benzene rings is 1. The molecule has 0 bridgehead atoms. The molecule has 5 rings (SSSR count). The first-order valence-corrected chi connectivity index (χ1v) is 13.0. The Balaban J connectivity index is 1.17. The maximum absolute atomic E-state index is 13.3. The molecule has 9 heteroatoms. The topological polar surface area (TPSA) is 93.3 Å². The van der Waals surface area contributed by atoms with Crippen LogP contribution < -0.4 is 10.5 Å². The van der Waals surface area contributed by atoms with Gasteiger partial charge in [-0.15, -0.1) is 0 Å². The molecule has 0 radical (unpaired) electrons. The van der Waals surface area contributed by atoms with Crippen LogP contribution in [-0.2, 0) is 16.2 Å². The Morgan fingerprint density at radius 3 is 2.71 bits per heavy atom. The molecule has 2 saturated heterocycles. The second-order valence-electron chi connectivity index (χ2n) is 9.79. The van der Waals surface area contributed by atoms with Gasteiger partial charge in [0.2, 0.25) is 5.91 Å². The Hall–Kier alpha value is -2.65. The number of nitrogens with two attached hydrogens (primary N) is 1. The second kappa shape index (κ2) is 10.1. The van der Waals surface area contributed by atoms with Gasteiger partial charge in [-0.3, -0.25) is 9.69 Å². The molecule has 3 aliphatic rings. The Morgan fingerprint density at radius 1 is 1.23 bits per heavy atom. The molecule has 0 atom stereocenters. The molecule has 1 aromatic heterocycles. The zero-order valence-electron chi connectivity index (χ0n) is 20.1. The number of halogens is 1. The molecule has 2 N–H and O–H groups in total. The molecule has 35 heavy (non-hydrogen) atoms. The van der Waals surface area contributed by atoms with Gasteiger partial charge in [0.15, 0.2) is 0 Å². The molecule has 2 fully saturated rings. The third-order valence-electron chi connectivity index (χ3n) is 7.44. The highest BCUT2D eigenvalue weighted by Crippen LogP contribution is 2.41. The molecule has 8 nitrogen and oxygen atoms in total. The van der Waals surface area contributed by atoms with Crippen LogP contribution in [0.15, 0.2) is 46.2 Å². The molecule has 3 aliphatic heterocycles. The number of anilines is 1. The lowest BCUT2D eigenvalue weighted by Gasteiger charge is -2.45. The van der Waals surface area contributed by atoms with Crippen molar-refractivity contribution in [2.75, 3.05) is 39.0 Å². The minimum Gasteiger partial charge on any atom is -0.486 e. The molecule has 2 aromatic rings. The zero-order chi connectivity index (χ0) is 24.4. The van der Waals surface area contributed by atoms with Crippen molar-refractivity contribution < 1.29 is 14.4 Å². The van der Waals surface area contributed by atoms with Gasteiger partial charge >= 0.3 is 0 Å². The summed E-state index contributed by atoms with van der Waals surface area (Å²) in [6.45, 7) is 4.11. The van der Waals surface area contributed by atoms with E-state index >= 15 is 0 Å². The number of ether oxygens (including phenoxy) is 1. The van der Waals surface area contributed by atoms with Crippen LogP contribution in [0.2, 0.25) is 0 Å². The highest BCUT2D eigenvalue weighted by molar-refractivity contribution is 9.10. The van der Waals surface area contributed by atoms with Gasteiger partial charge in [-0.1, -0.05) is 21.1 Å². The van der Waals surface area contributed by atoms with Gasteiger partial charge in [-0.2, -0.15) is 0 Å². The molecule has 0 unspecified atom stereocenters. The number of piperidine rings is 2. The van der Waals surface area contributed by atoms with E-state index in [1.54, 1.807) is 13.3 Å². The quantitative estimate of drug-likeness (QED) is 0.591. The Kier molecular flexibility index (Phi) is 6.98. The van der Waals surface area contributed by atoms with E-state index in [1.165, 1.54) is 5.56 Å². The lowest BCUT2D eigenvalue weighted by molar-refractivity contribution is -0.140. The molecule has 0 saturated carbocycles. The van der Waals surface area contributed by atoms with E-state index in [9.17, 15) is 4.79 Å². The largest absolute Gasteiger partial charge is 0.486 e. The lowest BCUT2D eigenvalue weighted by atomic mass is 9.81. The van der Waals surface area contributed by atoms with Crippen LogP contribution in [0.5, 0.6) is 5.75 Å². The fourth-order valence-corrected chi connectivity index (χ4v) is 5.90. The molecule has 4 heterocycles. The first kappa shape index (κ1) is 24.1. The number of pyridine rings is 1. The molecular weight excluding hydrogens is 510 g/mol. The van der Waals surface area contributed by atoms with Gasteiger partial charge < -0.3 is 20.2 Å². The first-order chi connectivity index (χ1) is 16.9. The zero-order valence-corrected chi connectivity index (χ0v) is 21.7. The van der Waals surface area contributed by atoms with Gasteiger partial charge in [0.25, 0.3) is 0 Å². The van der Waals surface area contributed by atoms with Gasteiger partial charge in [0.05, 0.1) is 5.71 Å². The van der Waals surface area contributed by atoms with E-state index < -0.39 is 0 Å². The summed E-state index contributed by atoms with van der Waals surface area (Å²) < 4.78 is 7.51. The summed E-state index contributed by atoms with van der Waals surface area (Å²) in [7, 11) is 1.58. The number of aromatic nitrogens is 1. The molecular formula is C26H32BrN5O3. The summed E-state index contributed by atoms with van der Waals surface area (Å²) >= 11 is 3.53. The van der Waals surface area contributed by atoms with Crippen LogP contribution in [-0.4, -0.2) is 65.3 Å². The van der Waals surface area contributed by atoms with Crippen molar-refractivity contribution in [2.45, 2.75) is 44.2 Å². The van der Waals surface area contributed by atoms with E-state index in [1.807, 2.05) is 35.2 Å². The average molecular weight is 542 g/mol. The lowest BCUT2D eigenvalue weighted by Crippen LogP contribution is -2.54.